The summed E-state index contributed by atoms with van der Waals surface area (Å²) >= 11 is 13.4. The van der Waals surface area contributed by atoms with Crippen LogP contribution < -0.4 is 0 Å². The van der Waals surface area contributed by atoms with E-state index < -0.39 is 6.04 Å². The SMILES string of the molecule is COC[C@H]1C(=O)N(Cc2cc3ccc(Cl)cc3cn2)CCN1C(=O)C=Cc1ccc(Cl)s1. The molecule has 32 heavy (non-hydrogen) atoms. The molecule has 0 aliphatic carbocycles. The van der Waals surface area contributed by atoms with Gasteiger partial charge in [0.25, 0.3) is 0 Å². The van der Waals surface area contributed by atoms with Gasteiger partial charge in [0.1, 0.15) is 6.04 Å². The Morgan fingerprint density at radius 3 is 2.81 bits per heavy atom. The molecule has 3 heterocycles. The Bertz CT molecular complexity index is 1180. The molecule has 1 aliphatic heterocycles. The van der Waals surface area contributed by atoms with Crippen molar-refractivity contribution in [1.82, 2.24) is 14.8 Å². The molecule has 6 nitrogen and oxygen atoms in total. The van der Waals surface area contributed by atoms with Crippen LogP contribution in [0, 0.1) is 0 Å². The summed E-state index contributed by atoms with van der Waals surface area (Å²) in [6.45, 7) is 1.33. The van der Waals surface area contributed by atoms with Gasteiger partial charge in [-0.2, -0.15) is 0 Å². The second kappa shape index (κ2) is 10.0. The van der Waals surface area contributed by atoms with Crippen LogP contribution >= 0.6 is 34.5 Å². The second-order valence-corrected chi connectivity index (χ2v) is 9.59. The molecule has 1 atom stereocenters. The number of carbonyl (C=O) groups excluding carboxylic acids is 2. The quantitative estimate of drug-likeness (QED) is 0.478. The highest BCUT2D eigenvalue weighted by atomic mass is 35.5. The van der Waals surface area contributed by atoms with Crippen LogP contribution in [0.1, 0.15) is 10.6 Å². The smallest absolute Gasteiger partial charge is 0.248 e. The molecule has 4 rings (SSSR count). The number of nitrogens with zero attached hydrogens (tertiary/aromatic N) is 3. The highest BCUT2D eigenvalue weighted by molar-refractivity contribution is 7.17. The molecule has 2 aromatic heterocycles. The van der Waals surface area contributed by atoms with Crippen LogP contribution in [0.5, 0.6) is 0 Å². The number of aromatic nitrogens is 1. The molecule has 0 spiro atoms. The molecule has 0 N–H and O–H groups in total. The number of carbonyl (C=O) groups is 2. The third kappa shape index (κ3) is 5.13. The standard InChI is InChI=1S/C23H21Cl2N3O3S/c1-31-14-20-23(30)27(13-18-11-15-2-3-17(24)10-16(15)12-26-18)8-9-28(20)22(29)7-5-19-4-6-21(25)32-19/h2-7,10-12,20H,8-9,13-14H2,1H3/t20-/m0/s1. The Labute approximate surface area is 200 Å². The molecule has 1 saturated heterocycles. The lowest BCUT2D eigenvalue weighted by molar-refractivity contribution is -0.152. The van der Waals surface area contributed by atoms with Gasteiger partial charge in [0.2, 0.25) is 11.8 Å². The van der Waals surface area contributed by atoms with Gasteiger partial charge in [-0.1, -0.05) is 29.3 Å². The zero-order chi connectivity index (χ0) is 22.7. The van der Waals surface area contributed by atoms with E-state index >= 15 is 0 Å². The predicted octanol–water partition coefficient (Wildman–Crippen LogP) is 4.50. The first-order chi connectivity index (χ1) is 15.4. The summed E-state index contributed by atoms with van der Waals surface area (Å²) in [4.78, 5) is 34.6. The van der Waals surface area contributed by atoms with Gasteiger partial charge < -0.3 is 14.5 Å². The number of hydrogen-bond donors (Lipinski definition) is 0. The summed E-state index contributed by atoms with van der Waals surface area (Å²) in [7, 11) is 1.52. The first-order valence-electron chi connectivity index (χ1n) is 10.0. The Balaban J connectivity index is 1.47. The summed E-state index contributed by atoms with van der Waals surface area (Å²) in [6, 6.07) is 10.5. The second-order valence-electron chi connectivity index (χ2n) is 7.40. The average molecular weight is 490 g/mol. The number of thiophene rings is 1. The number of piperazine rings is 1. The molecule has 2 amide bonds. The van der Waals surface area contributed by atoms with Crippen molar-refractivity contribution >= 4 is 63.2 Å². The number of methoxy groups -OCH3 is 1. The van der Waals surface area contributed by atoms with Crippen molar-refractivity contribution in [2.45, 2.75) is 12.6 Å². The van der Waals surface area contributed by atoms with Gasteiger partial charge in [0.05, 0.1) is 23.2 Å². The van der Waals surface area contributed by atoms with Crippen molar-refractivity contribution in [3.05, 3.63) is 68.6 Å². The Morgan fingerprint density at radius 2 is 2.06 bits per heavy atom. The molecule has 9 heteroatoms. The Kier molecular flexibility index (Phi) is 7.10. The predicted molar refractivity (Wildman–Crippen MR) is 128 cm³/mol. The topological polar surface area (TPSA) is 62.7 Å². The maximum Gasteiger partial charge on any atom is 0.248 e. The van der Waals surface area contributed by atoms with Gasteiger partial charge in [-0.3, -0.25) is 14.6 Å². The van der Waals surface area contributed by atoms with E-state index in [1.54, 1.807) is 28.1 Å². The van der Waals surface area contributed by atoms with Crippen LogP contribution in [0.4, 0.5) is 0 Å². The Morgan fingerprint density at radius 1 is 1.22 bits per heavy atom. The van der Waals surface area contributed by atoms with Gasteiger partial charge in [-0.25, -0.2) is 0 Å². The van der Waals surface area contributed by atoms with Gasteiger partial charge in [0.15, 0.2) is 0 Å². The maximum absolute atomic E-state index is 13.2. The van der Waals surface area contributed by atoms with Gasteiger partial charge >= 0.3 is 0 Å². The number of benzene rings is 1. The van der Waals surface area contributed by atoms with Crippen molar-refractivity contribution in [2.75, 3.05) is 26.8 Å². The highest BCUT2D eigenvalue weighted by Crippen LogP contribution is 2.23. The normalized spacial score (nSPS) is 17.0. The van der Waals surface area contributed by atoms with E-state index in [1.165, 1.54) is 24.5 Å². The fourth-order valence-corrected chi connectivity index (χ4v) is 4.83. The summed E-state index contributed by atoms with van der Waals surface area (Å²) in [5.74, 6) is -0.387. The zero-order valence-corrected chi connectivity index (χ0v) is 19.7. The fourth-order valence-electron chi connectivity index (χ4n) is 3.69. The first kappa shape index (κ1) is 22.7. The molecule has 1 aliphatic rings. The van der Waals surface area contributed by atoms with Crippen LogP contribution in [0.15, 0.2) is 48.7 Å². The van der Waals surface area contributed by atoms with Crippen molar-refractivity contribution in [3.8, 4) is 0 Å². The monoisotopic (exact) mass is 489 g/mol. The minimum absolute atomic E-state index is 0.128. The summed E-state index contributed by atoms with van der Waals surface area (Å²) in [5, 5.41) is 2.61. The van der Waals surface area contributed by atoms with E-state index in [-0.39, 0.29) is 18.4 Å². The molecular formula is C23H21Cl2N3O3S. The minimum atomic E-state index is -0.683. The molecule has 0 unspecified atom stereocenters. The van der Waals surface area contributed by atoms with E-state index in [9.17, 15) is 9.59 Å². The van der Waals surface area contributed by atoms with E-state index in [1.807, 2.05) is 30.3 Å². The van der Waals surface area contributed by atoms with E-state index in [0.717, 1.165) is 21.3 Å². The molecular weight excluding hydrogens is 469 g/mol. The molecule has 1 aromatic carbocycles. The van der Waals surface area contributed by atoms with Crippen LogP contribution in [-0.2, 0) is 20.9 Å². The van der Waals surface area contributed by atoms with Crippen LogP contribution in [0.2, 0.25) is 9.36 Å². The summed E-state index contributed by atoms with van der Waals surface area (Å²) in [6.07, 6.45) is 4.95. The van der Waals surface area contributed by atoms with Gasteiger partial charge in [-0.15, -0.1) is 11.3 Å². The lowest BCUT2D eigenvalue weighted by Gasteiger charge is -2.39. The largest absolute Gasteiger partial charge is 0.382 e. The average Bonchev–Trinajstić information content (AvgIpc) is 3.20. The number of hydrogen-bond acceptors (Lipinski definition) is 5. The number of halogens is 2. The van der Waals surface area contributed by atoms with Crippen molar-refractivity contribution in [1.29, 1.82) is 0 Å². The van der Waals surface area contributed by atoms with Crippen LogP contribution in [0.3, 0.4) is 0 Å². The van der Waals surface area contributed by atoms with Gasteiger partial charge in [-0.05, 0) is 41.8 Å². The van der Waals surface area contributed by atoms with E-state index in [2.05, 4.69) is 4.98 Å². The molecule has 0 bridgehead atoms. The maximum atomic E-state index is 13.2. The molecule has 0 saturated carbocycles. The number of ether oxygens (including phenoxy) is 1. The lowest BCUT2D eigenvalue weighted by atomic mass is 10.1. The number of fused-ring (bicyclic) bond motifs is 1. The van der Waals surface area contributed by atoms with Crippen LogP contribution in [-0.4, -0.2) is 59.4 Å². The highest BCUT2D eigenvalue weighted by Gasteiger charge is 2.36. The van der Waals surface area contributed by atoms with E-state index in [0.29, 0.717) is 29.0 Å². The molecule has 166 valence electrons. The third-order valence-corrected chi connectivity index (χ3v) is 6.70. The first-order valence-corrected chi connectivity index (χ1v) is 11.6. The number of pyridine rings is 1. The number of amides is 2. The minimum Gasteiger partial charge on any atom is -0.382 e. The number of rotatable bonds is 6. The fraction of sp³-hybridized carbons (Fsp3) is 0.261. The lowest BCUT2D eigenvalue weighted by Crippen LogP contribution is -2.59. The molecule has 0 radical (unpaired) electrons. The Hall–Kier alpha value is -2.45. The van der Waals surface area contributed by atoms with E-state index in [4.69, 9.17) is 27.9 Å². The molecule has 1 fully saturated rings. The zero-order valence-electron chi connectivity index (χ0n) is 17.3. The van der Waals surface area contributed by atoms with Crippen molar-refractivity contribution in [2.24, 2.45) is 0 Å². The third-order valence-electron chi connectivity index (χ3n) is 5.27. The van der Waals surface area contributed by atoms with Crippen molar-refractivity contribution < 1.29 is 14.3 Å². The van der Waals surface area contributed by atoms with Crippen LogP contribution in [0.25, 0.3) is 16.8 Å². The summed E-state index contributed by atoms with van der Waals surface area (Å²) in [5.41, 5.74) is 0.776. The van der Waals surface area contributed by atoms with Gasteiger partial charge in [0, 0.05) is 47.8 Å². The van der Waals surface area contributed by atoms with Crippen molar-refractivity contribution in [3.63, 3.8) is 0 Å². The molecule has 3 aromatic rings. The summed E-state index contributed by atoms with van der Waals surface area (Å²) < 4.78 is 5.91.